The van der Waals surface area contributed by atoms with Crippen molar-refractivity contribution in [2.75, 3.05) is 5.75 Å². The van der Waals surface area contributed by atoms with Gasteiger partial charge in [-0.25, -0.2) is 0 Å². The van der Waals surface area contributed by atoms with Crippen LogP contribution in [0.2, 0.25) is 0 Å². The van der Waals surface area contributed by atoms with Crippen LogP contribution in [-0.4, -0.2) is 43.8 Å². The maximum atomic E-state index is 12.3. The van der Waals surface area contributed by atoms with Gasteiger partial charge in [0.2, 0.25) is 11.8 Å². The number of hydrogen-bond acceptors (Lipinski definition) is 6. The van der Waals surface area contributed by atoms with Crippen LogP contribution in [0, 0.1) is 0 Å². The minimum Gasteiger partial charge on any atom is -0.411 e. The lowest BCUT2D eigenvalue weighted by molar-refractivity contribution is -0.131. The molecule has 0 bridgehead atoms. The summed E-state index contributed by atoms with van der Waals surface area (Å²) in [5.74, 6) is 0.787. The highest BCUT2D eigenvalue weighted by Gasteiger charge is 2.21. The third-order valence-electron chi connectivity index (χ3n) is 3.05. The number of hydrogen-bond donors (Lipinski definition) is 0. The van der Waals surface area contributed by atoms with Gasteiger partial charge in [0, 0.05) is 30.0 Å². The van der Waals surface area contributed by atoms with Crippen LogP contribution in [0.5, 0.6) is 0 Å². The van der Waals surface area contributed by atoms with Crippen molar-refractivity contribution < 1.29 is 9.21 Å². The quantitative estimate of drug-likeness (QED) is 0.762. The molecule has 2 heterocycles. The molecule has 0 aliphatic heterocycles. The Morgan fingerprint density at radius 3 is 2.41 bits per heavy atom. The molecule has 0 unspecified atom stereocenters. The Labute approximate surface area is 134 Å². The number of carbonyl (C=O) groups is 1. The lowest BCUT2D eigenvalue weighted by Gasteiger charge is -2.30. The molecule has 0 aliphatic carbocycles. The van der Waals surface area contributed by atoms with E-state index in [-0.39, 0.29) is 23.7 Å². The third-order valence-corrected chi connectivity index (χ3v) is 3.86. The predicted octanol–water partition coefficient (Wildman–Crippen LogP) is 2.87. The van der Waals surface area contributed by atoms with Crippen molar-refractivity contribution in [2.24, 2.45) is 0 Å². The Balaban J connectivity index is 1.98. The standard InChI is InChI=1S/C15H20N4O2S/c1-10(2)19(11(3)4)13(20)9-22-15-18-17-14(21-15)12-5-7-16-8-6-12/h5-8,10-11H,9H2,1-4H3. The molecule has 2 aromatic rings. The molecular formula is C15H20N4O2S. The minimum atomic E-state index is 0.0682. The lowest BCUT2D eigenvalue weighted by Crippen LogP contribution is -2.43. The molecule has 0 aliphatic rings. The zero-order valence-electron chi connectivity index (χ0n) is 13.2. The maximum absolute atomic E-state index is 12.3. The number of thioether (sulfide) groups is 1. The summed E-state index contributed by atoms with van der Waals surface area (Å²) in [5.41, 5.74) is 0.812. The van der Waals surface area contributed by atoms with Gasteiger partial charge < -0.3 is 9.32 Å². The van der Waals surface area contributed by atoms with Gasteiger partial charge in [-0.05, 0) is 39.8 Å². The second kappa shape index (κ2) is 7.40. The molecular weight excluding hydrogens is 300 g/mol. The number of carbonyl (C=O) groups excluding carboxylic acids is 1. The van der Waals surface area contributed by atoms with Crippen LogP contribution in [-0.2, 0) is 4.79 Å². The molecule has 0 aromatic carbocycles. The summed E-state index contributed by atoms with van der Waals surface area (Å²) < 4.78 is 5.56. The fraction of sp³-hybridized carbons (Fsp3) is 0.467. The Hall–Kier alpha value is -1.89. The fourth-order valence-electron chi connectivity index (χ4n) is 2.25. The number of aromatic nitrogens is 3. The first-order chi connectivity index (χ1) is 10.5. The number of rotatable bonds is 6. The molecule has 0 N–H and O–H groups in total. The third kappa shape index (κ3) is 4.07. The van der Waals surface area contributed by atoms with Gasteiger partial charge in [0.05, 0.1) is 5.75 Å². The smallest absolute Gasteiger partial charge is 0.277 e. The van der Waals surface area contributed by atoms with Crippen molar-refractivity contribution in [1.82, 2.24) is 20.1 Å². The minimum absolute atomic E-state index is 0.0682. The van der Waals surface area contributed by atoms with Crippen molar-refractivity contribution in [2.45, 2.75) is 45.0 Å². The fourth-order valence-corrected chi connectivity index (χ4v) is 2.88. The zero-order chi connectivity index (χ0) is 16.1. The molecule has 0 atom stereocenters. The van der Waals surface area contributed by atoms with E-state index in [1.807, 2.05) is 32.6 Å². The molecule has 0 saturated carbocycles. The highest BCUT2D eigenvalue weighted by Crippen LogP contribution is 2.23. The van der Waals surface area contributed by atoms with Gasteiger partial charge in [-0.3, -0.25) is 9.78 Å². The Kier molecular flexibility index (Phi) is 5.54. The normalized spacial score (nSPS) is 11.2. The number of pyridine rings is 1. The van der Waals surface area contributed by atoms with Crippen LogP contribution < -0.4 is 0 Å². The van der Waals surface area contributed by atoms with E-state index in [2.05, 4.69) is 15.2 Å². The Morgan fingerprint density at radius 2 is 1.82 bits per heavy atom. The van der Waals surface area contributed by atoms with Crippen LogP contribution >= 0.6 is 11.8 Å². The van der Waals surface area contributed by atoms with Gasteiger partial charge in [0.15, 0.2) is 0 Å². The van der Waals surface area contributed by atoms with Gasteiger partial charge in [-0.15, -0.1) is 10.2 Å². The SMILES string of the molecule is CC(C)N(C(=O)CSc1nnc(-c2ccncc2)o1)C(C)C. The van der Waals surface area contributed by atoms with Crippen LogP contribution in [0.3, 0.4) is 0 Å². The van der Waals surface area contributed by atoms with Gasteiger partial charge >= 0.3 is 0 Å². The lowest BCUT2D eigenvalue weighted by atomic mass is 10.2. The second-order valence-electron chi connectivity index (χ2n) is 5.39. The van der Waals surface area contributed by atoms with Crippen molar-refractivity contribution >= 4 is 17.7 Å². The van der Waals surface area contributed by atoms with Crippen molar-refractivity contribution in [1.29, 1.82) is 0 Å². The van der Waals surface area contributed by atoms with Crippen LogP contribution in [0.1, 0.15) is 27.7 Å². The molecule has 22 heavy (non-hydrogen) atoms. The van der Waals surface area contributed by atoms with Gasteiger partial charge in [0.25, 0.3) is 5.22 Å². The first kappa shape index (κ1) is 16.5. The van der Waals surface area contributed by atoms with E-state index >= 15 is 0 Å². The average Bonchev–Trinajstić information content (AvgIpc) is 2.94. The highest BCUT2D eigenvalue weighted by atomic mass is 32.2. The van der Waals surface area contributed by atoms with E-state index < -0.39 is 0 Å². The topological polar surface area (TPSA) is 72.1 Å². The predicted molar refractivity (Wildman–Crippen MR) is 85.4 cm³/mol. The average molecular weight is 320 g/mol. The molecule has 0 fully saturated rings. The monoisotopic (exact) mass is 320 g/mol. The van der Waals surface area contributed by atoms with E-state index in [1.54, 1.807) is 24.5 Å². The molecule has 7 heteroatoms. The van der Waals surface area contributed by atoms with Crippen molar-refractivity contribution in [3.8, 4) is 11.5 Å². The van der Waals surface area contributed by atoms with Gasteiger partial charge in [0.1, 0.15) is 0 Å². The van der Waals surface area contributed by atoms with E-state index in [9.17, 15) is 4.79 Å². The summed E-state index contributed by atoms with van der Waals surface area (Å²) in [6, 6.07) is 3.94. The summed E-state index contributed by atoms with van der Waals surface area (Å²) in [6.07, 6.45) is 3.33. The van der Waals surface area contributed by atoms with Gasteiger partial charge in [-0.2, -0.15) is 0 Å². The molecule has 6 nitrogen and oxygen atoms in total. The molecule has 0 radical (unpaired) electrons. The first-order valence-electron chi connectivity index (χ1n) is 7.17. The van der Waals surface area contributed by atoms with E-state index in [0.29, 0.717) is 11.1 Å². The molecule has 1 amide bonds. The summed E-state index contributed by atoms with van der Waals surface area (Å²) >= 11 is 1.26. The van der Waals surface area contributed by atoms with E-state index in [1.165, 1.54) is 11.8 Å². The van der Waals surface area contributed by atoms with Gasteiger partial charge in [-0.1, -0.05) is 11.8 Å². The van der Waals surface area contributed by atoms with Crippen molar-refractivity contribution in [3.05, 3.63) is 24.5 Å². The summed E-state index contributed by atoms with van der Waals surface area (Å²) in [7, 11) is 0. The number of amides is 1. The molecule has 118 valence electrons. The first-order valence-corrected chi connectivity index (χ1v) is 8.15. The highest BCUT2D eigenvalue weighted by molar-refractivity contribution is 7.99. The van der Waals surface area contributed by atoms with E-state index in [0.717, 1.165) is 5.56 Å². The van der Waals surface area contributed by atoms with Crippen LogP contribution in [0.25, 0.3) is 11.5 Å². The summed E-state index contributed by atoms with van der Waals surface area (Å²) in [5, 5.41) is 8.35. The molecule has 2 aromatic heterocycles. The molecule has 0 spiro atoms. The Bertz CT molecular complexity index is 605. The maximum Gasteiger partial charge on any atom is 0.277 e. The molecule has 2 rings (SSSR count). The number of nitrogens with zero attached hydrogens (tertiary/aromatic N) is 4. The van der Waals surface area contributed by atoms with Crippen LogP contribution in [0.15, 0.2) is 34.2 Å². The van der Waals surface area contributed by atoms with Crippen molar-refractivity contribution in [3.63, 3.8) is 0 Å². The Morgan fingerprint density at radius 1 is 1.18 bits per heavy atom. The molecule has 0 saturated heterocycles. The second-order valence-corrected chi connectivity index (χ2v) is 6.31. The largest absolute Gasteiger partial charge is 0.411 e. The summed E-state index contributed by atoms with van der Waals surface area (Å²) in [4.78, 5) is 18.1. The summed E-state index contributed by atoms with van der Waals surface area (Å²) in [6.45, 7) is 8.04. The van der Waals surface area contributed by atoms with E-state index in [4.69, 9.17) is 4.42 Å². The zero-order valence-corrected chi connectivity index (χ0v) is 14.0. The van der Waals surface area contributed by atoms with Crippen LogP contribution in [0.4, 0.5) is 0 Å².